The van der Waals surface area contributed by atoms with Crippen LogP contribution in [0, 0.1) is 5.92 Å². The van der Waals surface area contributed by atoms with Crippen molar-refractivity contribution in [1.82, 2.24) is 4.90 Å². The summed E-state index contributed by atoms with van der Waals surface area (Å²) >= 11 is 0. The summed E-state index contributed by atoms with van der Waals surface area (Å²) < 4.78 is 41.0. The number of nitrogens with one attached hydrogen (secondary N) is 1. The molecular formula is C24H26F3N3O3. The Hall–Kier alpha value is -3.23. The standard InChI is InChI=1S/C24H26F3N3O3/c25-24(26,27)33-19-12-10-17(11-13-19)16-29-14-5-15-30(23(29)32)21-9-4-3-8-20(21)28-22(31)18-6-1-2-7-18/h3-4,8-13,18H,1-2,5-7,14-16H2,(H,28,31). The zero-order valence-corrected chi connectivity index (χ0v) is 18.1. The van der Waals surface area contributed by atoms with Crippen molar-refractivity contribution in [1.29, 1.82) is 0 Å². The molecule has 4 rings (SSSR count). The molecule has 33 heavy (non-hydrogen) atoms. The highest BCUT2D eigenvalue weighted by Crippen LogP contribution is 2.32. The van der Waals surface area contributed by atoms with Crippen LogP contribution in [-0.2, 0) is 11.3 Å². The molecule has 176 valence electrons. The summed E-state index contributed by atoms with van der Waals surface area (Å²) in [6, 6.07) is 12.6. The van der Waals surface area contributed by atoms with Gasteiger partial charge in [0.25, 0.3) is 0 Å². The molecule has 1 saturated carbocycles. The molecule has 0 aromatic heterocycles. The van der Waals surface area contributed by atoms with E-state index in [0.29, 0.717) is 30.0 Å². The second-order valence-electron chi connectivity index (χ2n) is 8.39. The Bertz CT molecular complexity index is 988. The van der Waals surface area contributed by atoms with Crippen molar-refractivity contribution in [3.05, 3.63) is 54.1 Å². The molecule has 2 fully saturated rings. The molecule has 1 aliphatic carbocycles. The Balaban J connectivity index is 1.45. The molecule has 1 heterocycles. The van der Waals surface area contributed by atoms with Gasteiger partial charge in [0, 0.05) is 25.6 Å². The lowest BCUT2D eigenvalue weighted by Gasteiger charge is -2.36. The van der Waals surface area contributed by atoms with E-state index in [1.165, 1.54) is 24.3 Å². The highest BCUT2D eigenvalue weighted by atomic mass is 19.4. The quantitative estimate of drug-likeness (QED) is 0.614. The van der Waals surface area contributed by atoms with Crippen LogP contribution in [0.2, 0.25) is 0 Å². The molecule has 1 aliphatic heterocycles. The van der Waals surface area contributed by atoms with Crippen LogP contribution in [0.5, 0.6) is 5.75 Å². The van der Waals surface area contributed by atoms with Gasteiger partial charge in [-0.3, -0.25) is 9.69 Å². The number of para-hydroxylation sites is 2. The average Bonchev–Trinajstić information content (AvgIpc) is 3.31. The number of hydrogen-bond donors (Lipinski definition) is 1. The number of anilines is 2. The lowest BCUT2D eigenvalue weighted by atomic mass is 10.1. The molecule has 1 saturated heterocycles. The molecule has 3 amide bonds. The second kappa shape index (κ2) is 9.72. The van der Waals surface area contributed by atoms with Crippen LogP contribution >= 0.6 is 0 Å². The molecule has 0 atom stereocenters. The van der Waals surface area contributed by atoms with E-state index >= 15 is 0 Å². The van der Waals surface area contributed by atoms with Crippen molar-refractivity contribution in [3.8, 4) is 5.75 Å². The summed E-state index contributed by atoms with van der Waals surface area (Å²) in [6.45, 7) is 1.31. The van der Waals surface area contributed by atoms with Crippen LogP contribution in [0.4, 0.5) is 29.3 Å². The molecule has 1 N–H and O–H groups in total. The van der Waals surface area contributed by atoms with E-state index in [0.717, 1.165) is 32.1 Å². The Kier molecular flexibility index (Phi) is 6.76. The number of nitrogens with zero attached hydrogens (tertiary/aromatic N) is 2. The van der Waals surface area contributed by atoms with E-state index < -0.39 is 6.36 Å². The summed E-state index contributed by atoms with van der Waals surface area (Å²) in [6.07, 6.45) is -0.128. The molecule has 9 heteroatoms. The zero-order valence-electron chi connectivity index (χ0n) is 18.1. The summed E-state index contributed by atoms with van der Waals surface area (Å²) in [5.74, 6) is -0.303. The molecule has 0 bridgehead atoms. The van der Waals surface area contributed by atoms with Gasteiger partial charge in [-0.25, -0.2) is 4.79 Å². The fourth-order valence-electron chi connectivity index (χ4n) is 4.41. The minimum atomic E-state index is -4.74. The van der Waals surface area contributed by atoms with Gasteiger partial charge >= 0.3 is 12.4 Å². The first-order chi connectivity index (χ1) is 15.8. The number of halogens is 3. The topological polar surface area (TPSA) is 61.9 Å². The largest absolute Gasteiger partial charge is 0.573 e. The lowest BCUT2D eigenvalue weighted by Crippen LogP contribution is -2.49. The number of carbonyl (C=O) groups excluding carboxylic acids is 2. The predicted molar refractivity (Wildman–Crippen MR) is 118 cm³/mol. The third-order valence-corrected chi connectivity index (χ3v) is 6.02. The number of alkyl halides is 3. The normalized spacial score (nSPS) is 17.4. The highest BCUT2D eigenvalue weighted by Gasteiger charge is 2.32. The summed E-state index contributed by atoms with van der Waals surface area (Å²) in [7, 11) is 0. The number of ether oxygens (including phenoxy) is 1. The van der Waals surface area contributed by atoms with Crippen LogP contribution in [0.1, 0.15) is 37.7 Å². The van der Waals surface area contributed by atoms with E-state index in [2.05, 4.69) is 10.1 Å². The van der Waals surface area contributed by atoms with Gasteiger partial charge in [-0.15, -0.1) is 13.2 Å². The van der Waals surface area contributed by atoms with Gasteiger partial charge in [0.05, 0.1) is 11.4 Å². The molecule has 0 unspecified atom stereocenters. The summed E-state index contributed by atoms with van der Waals surface area (Å²) in [4.78, 5) is 29.2. The van der Waals surface area contributed by atoms with Gasteiger partial charge < -0.3 is 15.0 Å². The fourth-order valence-corrected chi connectivity index (χ4v) is 4.41. The molecule has 2 aromatic carbocycles. The molecule has 2 aliphatic rings. The highest BCUT2D eigenvalue weighted by molar-refractivity contribution is 6.01. The van der Waals surface area contributed by atoms with Crippen LogP contribution in [-0.4, -0.2) is 36.3 Å². The molecule has 0 radical (unpaired) electrons. The molecule has 6 nitrogen and oxygen atoms in total. The van der Waals surface area contributed by atoms with E-state index in [1.54, 1.807) is 15.9 Å². The number of hydrogen-bond acceptors (Lipinski definition) is 3. The number of amides is 3. The third kappa shape index (κ3) is 5.77. The van der Waals surface area contributed by atoms with Gasteiger partial charge in [0.2, 0.25) is 5.91 Å². The van der Waals surface area contributed by atoms with Crippen molar-refractivity contribution >= 4 is 23.3 Å². The van der Waals surface area contributed by atoms with Gasteiger partial charge in [-0.1, -0.05) is 37.1 Å². The van der Waals surface area contributed by atoms with Gasteiger partial charge in [-0.2, -0.15) is 0 Å². The Labute approximate surface area is 190 Å². The predicted octanol–water partition coefficient (Wildman–Crippen LogP) is 5.55. The summed E-state index contributed by atoms with van der Waals surface area (Å²) in [5, 5.41) is 3.00. The number of urea groups is 1. The minimum absolute atomic E-state index is 0.0101. The van der Waals surface area contributed by atoms with E-state index in [9.17, 15) is 22.8 Å². The maximum atomic E-state index is 13.2. The monoisotopic (exact) mass is 461 g/mol. The van der Waals surface area contributed by atoms with Crippen molar-refractivity contribution < 1.29 is 27.5 Å². The minimum Gasteiger partial charge on any atom is -0.406 e. The van der Waals surface area contributed by atoms with Crippen LogP contribution in [0.3, 0.4) is 0 Å². The molecule has 2 aromatic rings. The first-order valence-electron chi connectivity index (χ1n) is 11.1. The first kappa shape index (κ1) is 22.9. The number of rotatable bonds is 6. The zero-order chi connectivity index (χ0) is 23.4. The fraction of sp³-hybridized carbons (Fsp3) is 0.417. The van der Waals surface area contributed by atoms with Crippen molar-refractivity contribution in [3.63, 3.8) is 0 Å². The van der Waals surface area contributed by atoms with Crippen molar-refractivity contribution in [2.45, 2.75) is 45.0 Å². The van der Waals surface area contributed by atoms with E-state index in [-0.39, 0.29) is 30.2 Å². The number of benzene rings is 2. The van der Waals surface area contributed by atoms with E-state index in [1.807, 2.05) is 18.2 Å². The second-order valence-corrected chi connectivity index (χ2v) is 8.39. The van der Waals surface area contributed by atoms with E-state index in [4.69, 9.17) is 0 Å². The summed E-state index contributed by atoms with van der Waals surface area (Å²) in [5.41, 5.74) is 1.95. The maximum Gasteiger partial charge on any atom is 0.573 e. The van der Waals surface area contributed by atoms with Crippen molar-refractivity contribution in [2.24, 2.45) is 5.92 Å². The smallest absolute Gasteiger partial charge is 0.406 e. The average molecular weight is 461 g/mol. The Morgan fingerprint density at radius 1 is 1.00 bits per heavy atom. The Morgan fingerprint density at radius 2 is 1.70 bits per heavy atom. The van der Waals surface area contributed by atoms with Crippen LogP contribution in [0.15, 0.2) is 48.5 Å². The van der Waals surface area contributed by atoms with Crippen molar-refractivity contribution in [2.75, 3.05) is 23.3 Å². The molecule has 0 spiro atoms. The lowest BCUT2D eigenvalue weighted by molar-refractivity contribution is -0.274. The van der Waals surface area contributed by atoms with Crippen LogP contribution < -0.4 is 15.0 Å². The van der Waals surface area contributed by atoms with Gasteiger partial charge in [0.15, 0.2) is 0 Å². The number of carbonyl (C=O) groups is 2. The van der Waals surface area contributed by atoms with Crippen LogP contribution in [0.25, 0.3) is 0 Å². The first-order valence-corrected chi connectivity index (χ1v) is 11.1. The van der Waals surface area contributed by atoms with Gasteiger partial charge in [0.1, 0.15) is 5.75 Å². The SMILES string of the molecule is O=C(Nc1ccccc1N1CCCN(Cc2ccc(OC(F)(F)F)cc2)C1=O)C1CCCC1. The molecular weight excluding hydrogens is 435 g/mol. The van der Waals surface area contributed by atoms with Gasteiger partial charge in [-0.05, 0) is 49.1 Å². The third-order valence-electron chi connectivity index (χ3n) is 6.02. The maximum absolute atomic E-state index is 13.2. The Morgan fingerprint density at radius 3 is 2.39 bits per heavy atom.